The highest BCUT2D eigenvalue weighted by atomic mass is 79.9. The van der Waals surface area contributed by atoms with Gasteiger partial charge in [0.15, 0.2) is 0 Å². The SMILES string of the molecule is O=C1O[C@H]2[C@H](C#Cc3ccc(Br)cc3)[C@@H]3C[C@H]2[C@H]1C3. The number of hydrogen-bond donors (Lipinski definition) is 0. The van der Waals surface area contributed by atoms with E-state index in [9.17, 15) is 4.79 Å². The summed E-state index contributed by atoms with van der Waals surface area (Å²) in [7, 11) is 0. The van der Waals surface area contributed by atoms with E-state index < -0.39 is 0 Å². The first-order chi connectivity index (χ1) is 9.22. The van der Waals surface area contributed by atoms with E-state index in [0.717, 1.165) is 22.9 Å². The largest absolute Gasteiger partial charge is 0.460 e. The molecule has 2 aliphatic carbocycles. The van der Waals surface area contributed by atoms with Crippen molar-refractivity contribution in [3.05, 3.63) is 34.3 Å². The van der Waals surface area contributed by atoms with E-state index in [4.69, 9.17) is 4.74 Å². The second-order valence-electron chi connectivity index (χ2n) is 5.71. The minimum atomic E-state index is 0.0189. The molecule has 96 valence electrons. The maximum atomic E-state index is 11.7. The van der Waals surface area contributed by atoms with Gasteiger partial charge < -0.3 is 4.74 Å². The van der Waals surface area contributed by atoms with Gasteiger partial charge in [-0.1, -0.05) is 27.8 Å². The van der Waals surface area contributed by atoms with Gasteiger partial charge in [-0.15, -0.1) is 0 Å². The smallest absolute Gasteiger partial charge is 0.309 e. The summed E-state index contributed by atoms with van der Waals surface area (Å²) in [6.07, 6.45) is 2.18. The molecule has 1 heterocycles. The van der Waals surface area contributed by atoms with Gasteiger partial charge in [0.1, 0.15) is 6.10 Å². The second kappa shape index (κ2) is 4.11. The first-order valence-corrected chi connectivity index (χ1v) is 7.49. The molecule has 4 rings (SSSR count). The van der Waals surface area contributed by atoms with Crippen molar-refractivity contribution in [2.75, 3.05) is 0 Å². The molecule has 1 aliphatic heterocycles. The fourth-order valence-electron chi connectivity index (χ4n) is 3.86. The number of fused-ring (bicyclic) bond motifs is 1. The average Bonchev–Trinajstić information content (AvgIpc) is 3.01. The van der Waals surface area contributed by atoms with Crippen molar-refractivity contribution < 1.29 is 9.53 Å². The Morgan fingerprint density at radius 3 is 2.79 bits per heavy atom. The van der Waals surface area contributed by atoms with Crippen LogP contribution in [0.5, 0.6) is 0 Å². The van der Waals surface area contributed by atoms with Gasteiger partial charge in [-0.25, -0.2) is 0 Å². The number of ether oxygens (including phenoxy) is 1. The van der Waals surface area contributed by atoms with E-state index in [2.05, 4.69) is 27.8 Å². The van der Waals surface area contributed by atoms with Crippen molar-refractivity contribution in [2.45, 2.75) is 18.9 Å². The Balaban J connectivity index is 1.59. The Kier molecular flexibility index (Phi) is 2.50. The van der Waals surface area contributed by atoms with Crippen molar-refractivity contribution in [2.24, 2.45) is 23.7 Å². The Morgan fingerprint density at radius 2 is 2.00 bits per heavy atom. The van der Waals surface area contributed by atoms with Crippen LogP contribution >= 0.6 is 15.9 Å². The number of esters is 1. The molecule has 3 heteroatoms. The number of rotatable bonds is 0. The predicted octanol–water partition coefficient (Wildman–Crippen LogP) is 3.00. The zero-order chi connectivity index (χ0) is 13.0. The molecule has 1 aromatic rings. The summed E-state index contributed by atoms with van der Waals surface area (Å²) >= 11 is 3.42. The molecule has 1 aromatic carbocycles. The molecule has 2 saturated carbocycles. The number of carbonyl (C=O) groups is 1. The molecule has 5 atom stereocenters. The molecule has 0 unspecified atom stereocenters. The van der Waals surface area contributed by atoms with Crippen LogP contribution < -0.4 is 0 Å². The molecule has 1 saturated heterocycles. The van der Waals surface area contributed by atoms with E-state index in [1.54, 1.807) is 0 Å². The van der Waals surface area contributed by atoms with Crippen LogP contribution in [0.3, 0.4) is 0 Å². The highest BCUT2D eigenvalue weighted by molar-refractivity contribution is 9.10. The first kappa shape index (κ1) is 11.5. The lowest BCUT2D eigenvalue weighted by atomic mass is 9.82. The predicted molar refractivity (Wildman–Crippen MR) is 74.1 cm³/mol. The molecule has 0 spiro atoms. The van der Waals surface area contributed by atoms with Gasteiger partial charge in [0.2, 0.25) is 0 Å². The monoisotopic (exact) mass is 316 g/mol. The van der Waals surface area contributed by atoms with E-state index in [-0.39, 0.29) is 23.9 Å². The first-order valence-electron chi connectivity index (χ1n) is 6.70. The van der Waals surface area contributed by atoms with Crippen LogP contribution in [0.1, 0.15) is 18.4 Å². The lowest BCUT2D eigenvalue weighted by Gasteiger charge is -2.20. The van der Waals surface area contributed by atoms with Crippen LogP contribution in [0.4, 0.5) is 0 Å². The van der Waals surface area contributed by atoms with Crippen LogP contribution in [0.2, 0.25) is 0 Å². The molecular weight excluding hydrogens is 304 g/mol. The Morgan fingerprint density at radius 1 is 1.21 bits per heavy atom. The zero-order valence-electron chi connectivity index (χ0n) is 10.3. The standard InChI is InChI=1S/C16H13BrO2/c17-11-4-1-9(2-5-11)3-6-12-10-7-13-14(8-10)16(18)19-15(12)13/h1-2,4-5,10,12-15H,7-8H2/t10-,12-,13+,14-,15+/m1/s1. The van der Waals surface area contributed by atoms with E-state index >= 15 is 0 Å². The number of halogens is 1. The topological polar surface area (TPSA) is 26.3 Å². The highest BCUT2D eigenvalue weighted by Gasteiger charge is 2.61. The lowest BCUT2D eigenvalue weighted by Crippen LogP contribution is -2.25. The molecule has 3 fully saturated rings. The normalized spacial score (nSPS) is 37.9. The molecule has 19 heavy (non-hydrogen) atoms. The van der Waals surface area contributed by atoms with Gasteiger partial charge >= 0.3 is 5.97 Å². The highest BCUT2D eigenvalue weighted by Crippen LogP contribution is 2.57. The third-order valence-corrected chi connectivity index (χ3v) is 5.24. The molecule has 0 aromatic heterocycles. The van der Waals surface area contributed by atoms with Gasteiger partial charge in [-0.05, 0) is 43.0 Å². The molecule has 2 nitrogen and oxygen atoms in total. The number of hydrogen-bond acceptors (Lipinski definition) is 2. The van der Waals surface area contributed by atoms with Crippen LogP contribution in [0.15, 0.2) is 28.7 Å². The average molecular weight is 317 g/mol. The summed E-state index contributed by atoms with van der Waals surface area (Å²) in [5, 5.41) is 0. The van der Waals surface area contributed by atoms with Crippen molar-refractivity contribution in [1.29, 1.82) is 0 Å². The molecule has 2 bridgehead atoms. The summed E-state index contributed by atoms with van der Waals surface area (Å²) in [4.78, 5) is 11.7. The van der Waals surface area contributed by atoms with Crippen LogP contribution in [-0.4, -0.2) is 12.1 Å². The van der Waals surface area contributed by atoms with Crippen molar-refractivity contribution in [1.82, 2.24) is 0 Å². The fraction of sp³-hybridized carbons (Fsp3) is 0.438. The summed E-state index contributed by atoms with van der Waals surface area (Å²) in [6, 6.07) is 8.01. The van der Waals surface area contributed by atoms with Gasteiger partial charge in [-0.2, -0.15) is 0 Å². The third-order valence-electron chi connectivity index (χ3n) is 4.71. The van der Waals surface area contributed by atoms with Crippen LogP contribution in [0, 0.1) is 35.5 Å². The minimum Gasteiger partial charge on any atom is -0.460 e. The van der Waals surface area contributed by atoms with Gasteiger partial charge in [0.05, 0.1) is 11.8 Å². The number of benzene rings is 1. The summed E-state index contributed by atoms with van der Waals surface area (Å²) in [6.45, 7) is 0. The Labute approximate surface area is 120 Å². The molecule has 0 amide bonds. The lowest BCUT2D eigenvalue weighted by molar-refractivity contribution is -0.143. The van der Waals surface area contributed by atoms with Crippen LogP contribution in [-0.2, 0) is 9.53 Å². The van der Waals surface area contributed by atoms with E-state index in [0.29, 0.717) is 11.8 Å². The van der Waals surface area contributed by atoms with E-state index in [1.807, 2.05) is 24.3 Å². The van der Waals surface area contributed by atoms with Crippen molar-refractivity contribution >= 4 is 21.9 Å². The zero-order valence-corrected chi connectivity index (χ0v) is 11.9. The van der Waals surface area contributed by atoms with Crippen molar-refractivity contribution in [3.63, 3.8) is 0 Å². The van der Waals surface area contributed by atoms with Gasteiger partial charge in [-0.3, -0.25) is 4.79 Å². The Hall–Kier alpha value is -1.27. The van der Waals surface area contributed by atoms with Gasteiger partial charge in [0, 0.05) is 16.0 Å². The third kappa shape index (κ3) is 1.74. The number of carbonyl (C=O) groups excluding carboxylic acids is 1. The summed E-state index contributed by atoms with van der Waals surface area (Å²) in [5.41, 5.74) is 1.02. The maximum absolute atomic E-state index is 11.7. The Bertz CT molecular complexity index is 595. The molecule has 0 radical (unpaired) electrons. The van der Waals surface area contributed by atoms with E-state index in [1.165, 1.54) is 0 Å². The van der Waals surface area contributed by atoms with Crippen molar-refractivity contribution in [3.8, 4) is 11.8 Å². The fourth-order valence-corrected chi connectivity index (χ4v) is 4.12. The summed E-state index contributed by atoms with van der Waals surface area (Å²) in [5.74, 6) is 8.05. The molecule has 3 aliphatic rings. The maximum Gasteiger partial charge on any atom is 0.309 e. The minimum absolute atomic E-state index is 0.0189. The second-order valence-corrected chi connectivity index (χ2v) is 6.62. The van der Waals surface area contributed by atoms with Crippen LogP contribution in [0.25, 0.3) is 0 Å². The van der Waals surface area contributed by atoms with Gasteiger partial charge in [0.25, 0.3) is 0 Å². The quantitative estimate of drug-likeness (QED) is 0.543. The molecule has 0 N–H and O–H groups in total. The summed E-state index contributed by atoms with van der Waals surface area (Å²) < 4.78 is 6.57. The molecular formula is C16H13BrO2.